The number of aliphatic hydroxyl groups is 1. The van der Waals surface area contributed by atoms with Crippen molar-refractivity contribution in [2.45, 2.75) is 36.3 Å². The van der Waals surface area contributed by atoms with Gasteiger partial charge in [-0.25, -0.2) is 17.9 Å². The summed E-state index contributed by atoms with van der Waals surface area (Å²) in [6.45, 7) is 0. The van der Waals surface area contributed by atoms with Crippen molar-refractivity contribution in [3.8, 4) is 0 Å². The molecule has 7 heteroatoms. The zero-order valence-corrected chi connectivity index (χ0v) is 14.2. The number of aliphatic carboxylic acids is 1. The van der Waals surface area contributed by atoms with E-state index in [-0.39, 0.29) is 4.90 Å². The fourth-order valence-corrected chi connectivity index (χ4v) is 4.51. The molecule has 0 aliphatic heterocycles. The molecule has 0 heterocycles. The number of sulfonamides is 1. The molecule has 0 saturated carbocycles. The number of carboxylic acid groups (broad SMARTS) is 1. The van der Waals surface area contributed by atoms with E-state index in [1.54, 1.807) is 36.4 Å². The van der Waals surface area contributed by atoms with E-state index in [9.17, 15) is 18.3 Å². The molecule has 0 aromatic heterocycles. The molecule has 0 saturated heterocycles. The smallest absolute Gasteiger partial charge is 0.337 e. The minimum Gasteiger partial charge on any atom is -0.479 e. The lowest BCUT2D eigenvalue weighted by molar-refractivity contribution is -0.147. The van der Waals surface area contributed by atoms with Crippen LogP contribution in [0.25, 0.3) is 0 Å². The Morgan fingerprint density at radius 2 is 1.84 bits per heavy atom. The summed E-state index contributed by atoms with van der Waals surface area (Å²) < 4.78 is 27.9. The molecule has 2 unspecified atom stereocenters. The van der Waals surface area contributed by atoms with Crippen molar-refractivity contribution >= 4 is 16.0 Å². The van der Waals surface area contributed by atoms with Gasteiger partial charge in [0, 0.05) is 6.04 Å². The summed E-state index contributed by atoms with van der Waals surface area (Å²) in [5, 5.41) is 19.0. The zero-order valence-electron chi connectivity index (χ0n) is 13.4. The van der Waals surface area contributed by atoms with Gasteiger partial charge >= 0.3 is 5.97 Å². The quantitative estimate of drug-likeness (QED) is 0.757. The maximum absolute atomic E-state index is 12.6. The van der Waals surface area contributed by atoms with Gasteiger partial charge in [0.05, 0.1) is 4.90 Å². The van der Waals surface area contributed by atoms with Crippen LogP contribution < -0.4 is 4.72 Å². The van der Waals surface area contributed by atoms with Gasteiger partial charge in [-0.2, -0.15) is 0 Å². The minimum atomic E-state index is -3.68. The van der Waals surface area contributed by atoms with E-state index in [0.29, 0.717) is 30.4 Å². The first kappa shape index (κ1) is 17.6. The second-order valence-corrected chi connectivity index (χ2v) is 7.75. The van der Waals surface area contributed by atoms with Crippen LogP contribution in [0, 0.1) is 0 Å². The van der Waals surface area contributed by atoms with Crippen LogP contribution in [0.15, 0.2) is 53.4 Å². The number of aliphatic hydroxyl groups excluding tert-OH is 1. The third kappa shape index (κ3) is 3.58. The fraction of sp³-hybridized carbons (Fsp3) is 0.278. The molecule has 132 valence electrons. The Kier molecular flexibility index (Phi) is 4.89. The van der Waals surface area contributed by atoms with Gasteiger partial charge in [-0.1, -0.05) is 36.4 Å². The van der Waals surface area contributed by atoms with Gasteiger partial charge in [-0.05, 0) is 48.1 Å². The van der Waals surface area contributed by atoms with Crippen LogP contribution >= 0.6 is 0 Å². The molecule has 2 atom stereocenters. The van der Waals surface area contributed by atoms with Crippen LogP contribution in [0.3, 0.4) is 0 Å². The molecule has 2 aromatic rings. The van der Waals surface area contributed by atoms with Gasteiger partial charge in [-0.15, -0.1) is 0 Å². The van der Waals surface area contributed by atoms with Gasteiger partial charge in [0.1, 0.15) is 0 Å². The fourth-order valence-electron chi connectivity index (χ4n) is 3.24. The van der Waals surface area contributed by atoms with Crippen LogP contribution in [-0.2, 0) is 21.2 Å². The van der Waals surface area contributed by atoms with Gasteiger partial charge in [-0.3, -0.25) is 0 Å². The molecular weight excluding hydrogens is 342 g/mol. The van der Waals surface area contributed by atoms with Crippen LogP contribution in [0.4, 0.5) is 0 Å². The third-order valence-corrected chi connectivity index (χ3v) is 5.91. The SMILES string of the molecule is O=C(O)C(O)c1cccc2c1CCCC2NS(=O)(=O)c1ccccc1. The van der Waals surface area contributed by atoms with E-state index >= 15 is 0 Å². The van der Waals surface area contributed by atoms with Crippen LogP contribution in [0.2, 0.25) is 0 Å². The average molecular weight is 361 g/mol. The number of nitrogens with one attached hydrogen (secondary N) is 1. The average Bonchev–Trinajstić information content (AvgIpc) is 2.61. The Hall–Kier alpha value is -2.22. The van der Waals surface area contributed by atoms with E-state index in [1.807, 2.05) is 0 Å². The summed E-state index contributed by atoms with van der Waals surface area (Å²) in [4.78, 5) is 11.3. The summed E-state index contributed by atoms with van der Waals surface area (Å²) in [5.41, 5.74) is 1.77. The van der Waals surface area contributed by atoms with Crippen molar-refractivity contribution < 1.29 is 23.4 Å². The van der Waals surface area contributed by atoms with Crippen molar-refractivity contribution in [2.24, 2.45) is 0 Å². The molecule has 0 radical (unpaired) electrons. The number of hydrogen-bond donors (Lipinski definition) is 3. The Labute approximate surface area is 146 Å². The van der Waals surface area contributed by atoms with Crippen molar-refractivity contribution in [1.82, 2.24) is 4.72 Å². The maximum atomic E-state index is 12.6. The summed E-state index contributed by atoms with van der Waals surface area (Å²) in [6.07, 6.45) is 0.322. The predicted molar refractivity (Wildman–Crippen MR) is 91.5 cm³/mol. The van der Waals surface area contributed by atoms with Crippen molar-refractivity contribution in [1.29, 1.82) is 0 Å². The van der Waals surface area contributed by atoms with Crippen molar-refractivity contribution in [3.05, 3.63) is 65.2 Å². The molecule has 1 aliphatic rings. The first-order valence-electron chi connectivity index (χ1n) is 8.00. The van der Waals surface area contributed by atoms with Gasteiger partial charge < -0.3 is 10.2 Å². The molecule has 3 N–H and O–H groups in total. The zero-order chi connectivity index (χ0) is 18.0. The second kappa shape index (κ2) is 6.95. The Bertz CT molecular complexity index is 880. The predicted octanol–water partition coefficient (Wildman–Crippen LogP) is 2.16. The van der Waals surface area contributed by atoms with E-state index < -0.39 is 28.1 Å². The van der Waals surface area contributed by atoms with Crippen LogP contribution in [-0.4, -0.2) is 24.6 Å². The van der Waals surface area contributed by atoms with Crippen LogP contribution in [0.5, 0.6) is 0 Å². The van der Waals surface area contributed by atoms with E-state index in [1.165, 1.54) is 12.1 Å². The number of carbonyl (C=O) groups is 1. The lowest BCUT2D eigenvalue weighted by Gasteiger charge is -2.28. The molecule has 3 rings (SSSR count). The van der Waals surface area contributed by atoms with E-state index in [2.05, 4.69) is 4.72 Å². The monoisotopic (exact) mass is 361 g/mol. The topological polar surface area (TPSA) is 104 Å². The van der Waals surface area contributed by atoms with E-state index in [4.69, 9.17) is 5.11 Å². The third-order valence-electron chi connectivity index (χ3n) is 4.42. The Morgan fingerprint density at radius 1 is 1.12 bits per heavy atom. The molecule has 0 bridgehead atoms. The second-order valence-electron chi connectivity index (χ2n) is 6.03. The van der Waals surface area contributed by atoms with Gasteiger partial charge in [0.15, 0.2) is 6.10 Å². The maximum Gasteiger partial charge on any atom is 0.337 e. The minimum absolute atomic E-state index is 0.184. The summed E-state index contributed by atoms with van der Waals surface area (Å²) in [6, 6.07) is 12.7. The molecule has 0 spiro atoms. The first-order chi connectivity index (χ1) is 11.9. The summed E-state index contributed by atoms with van der Waals surface area (Å²) in [5.74, 6) is -1.32. The van der Waals surface area contributed by atoms with E-state index in [0.717, 1.165) is 5.56 Å². The summed E-state index contributed by atoms with van der Waals surface area (Å²) >= 11 is 0. The number of rotatable bonds is 5. The van der Waals surface area contributed by atoms with Crippen LogP contribution in [0.1, 0.15) is 41.7 Å². The van der Waals surface area contributed by atoms with Crippen molar-refractivity contribution in [2.75, 3.05) is 0 Å². The molecule has 0 fully saturated rings. The molecule has 1 aliphatic carbocycles. The largest absolute Gasteiger partial charge is 0.479 e. The lowest BCUT2D eigenvalue weighted by Crippen LogP contribution is -2.31. The molecule has 0 amide bonds. The summed E-state index contributed by atoms with van der Waals surface area (Å²) in [7, 11) is -3.68. The molecule has 6 nitrogen and oxygen atoms in total. The highest BCUT2D eigenvalue weighted by molar-refractivity contribution is 7.89. The van der Waals surface area contributed by atoms with Gasteiger partial charge in [0.2, 0.25) is 10.0 Å². The Balaban J connectivity index is 1.95. The molecule has 25 heavy (non-hydrogen) atoms. The number of hydrogen-bond acceptors (Lipinski definition) is 4. The highest BCUT2D eigenvalue weighted by Crippen LogP contribution is 2.35. The normalized spacial score (nSPS) is 18.4. The number of benzene rings is 2. The first-order valence-corrected chi connectivity index (χ1v) is 9.48. The molecule has 2 aromatic carbocycles. The Morgan fingerprint density at radius 3 is 2.52 bits per heavy atom. The van der Waals surface area contributed by atoms with Gasteiger partial charge in [0.25, 0.3) is 0 Å². The lowest BCUT2D eigenvalue weighted by atomic mass is 9.84. The molecular formula is C18H19NO5S. The number of fused-ring (bicyclic) bond motifs is 1. The number of carboxylic acids is 1. The van der Waals surface area contributed by atoms with Crippen molar-refractivity contribution in [3.63, 3.8) is 0 Å². The highest BCUT2D eigenvalue weighted by Gasteiger charge is 2.29. The standard InChI is InChI=1S/C18H19NO5S/c20-17(18(21)22)15-10-4-9-14-13(15)8-5-11-16(14)19-25(23,24)12-6-2-1-3-7-12/h1-4,6-7,9-10,16-17,19-20H,5,8,11H2,(H,21,22). The highest BCUT2D eigenvalue weighted by atomic mass is 32.2.